The molecular weight excluding hydrogens is 798 g/mol. The van der Waals surface area contributed by atoms with E-state index in [9.17, 15) is 19.0 Å². The molecule has 0 aliphatic heterocycles. The Morgan fingerprint density at radius 3 is 1.37 bits per heavy atom. The van der Waals surface area contributed by atoms with Crippen LogP contribution in [0, 0.1) is 0 Å². The standard InChI is InChI=1S/C52H90NO8P/c1-6-8-10-12-13-14-15-16-17-18-19-20-21-22-23-24-25-26-27-28-29-30-31-32-33-34-35-36-37-38-39-41-43-45-52(55)61-50(48-58-51(54)44-42-40-11-9-7-2)49-60-62(56,57)59-47-46-53(3,4)5/h8,10,13-14,16-17,19-20,22-23,25-26,28-29,50H,6-7,9,11-12,15,18,21,24,27,30-49H2,1-5H3/b10-8-,14-13-,17-16-,20-19-,23-22-,26-25-,29-28-. The molecule has 0 aromatic carbocycles. The van der Waals surface area contributed by atoms with Gasteiger partial charge < -0.3 is 27.9 Å². The first-order valence-corrected chi connectivity index (χ1v) is 25.8. The van der Waals surface area contributed by atoms with Gasteiger partial charge in [-0.15, -0.1) is 0 Å². The number of likely N-dealkylation sites (N-methyl/N-ethyl adjacent to an activating group) is 1. The molecule has 2 atom stereocenters. The molecule has 0 aromatic heterocycles. The molecule has 2 unspecified atom stereocenters. The molecule has 0 amide bonds. The minimum Gasteiger partial charge on any atom is -0.756 e. The van der Waals surface area contributed by atoms with Crippen LogP contribution >= 0.6 is 7.82 Å². The Labute approximate surface area is 380 Å². The van der Waals surface area contributed by atoms with Gasteiger partial charge in [-0.05, 0) is 70.6 Å². The zero-order valence-electron chi connectivity index (χ0n) is 40.0. The van der Waals surface area contributed by atoms with Crippen molar-refractivity contribution in [1.29, 1.82) is 0 Å². The number of esters is 2. The van der Waals surface area contributed by atoms with Crippen molar-refractivity contribution >= 4 is 19.8 Å². The van der Waals surface area contributed by atoms with Gasteiger partial charge in [-0.1, -0.05) is 182 Å². The van der Waals surface area contributed by atoms with Crippen LogP contribution in [0.25, 0.3) is 0 Å². The summed E-state index contributed by atoms with van der Waals surface area (Å²) in [7, 11) is 1.15. The van der Waals surface area contributed by atoms with Gasteiger partial charge in [0.15, 0.2) is 6.10 Å². The second-order valence-corrected chi connectivity index (χ2v) is 18.5. The molecule has 0 rings (SSSR count). The zero-order valence-corrected chi connectivity index (χ0v) is 40.9. The lowest BCUT2D eigenvalue weighted by atomic mass is 10.0. The quantitative estimate of drug-likeness (QED) is 0.0196. The molecule has 0 bridgehead atoms. The van der Waals surface area contributed by atoms with Gasteiger partial charge >= 0.3 is 11.9 Å². The monoisotopic (exact) mass is 888 g/mol. The van der Waals surface area contributed by atoms with Crippen LogP contribution in [0.4, 0.5) is 0 Å². The molecule has 0 aliphatic carbocycles. The number of ether oxygens (including phenoxy) is 2. The lowest BCUT2D eigenvalue weighted by molar-refractivity contribution is -0.870. The molecule has 0 saturated heterocycles. The molecule has 0 saturated carbocycles. The molecule has 0 aromatic rings. The number of hydrogen-bond donors (Lipinski definition) is 0. The molecule has 0 heterocycles. The van der Waals surface area contributed by atoms with Crippen LogP contribution in [-0.2, 0) is 32.7 Å². The molecule has 0 spiro atoms. The molecule has 356 valence electrons. The van der Waals surface area contributed by atoms with E-state index in [2.05, 4.69) is 98.9 Å². The highest BCUT2D eigenvalue weighted by Crippen LogP contribution is 2.38. The third kappa shape index (κ3) is 46.7. The summed E-state index contributed by atoms with van der Waals surface area (Å²) in [6, 6.07) is 0. The lowest BCUT2D eigenvalue weighted by Gasteiger charge is -2.28. The van der Waals surface area contributed by atoms with Crippen LogP contribution in [0.1, 0.15) is 181 Å². The first-order valence-electron chi connectivity index (χ1n) is 24.3. The van der Waals surface area contributed by atoms with Crippen LogP contribution in [0.2, 0.25) is 0 Å². The number of allylic oxidation sites excluding steroid dienone is 14. The molecule has 0 N–H and O–H groups in total. The number of phosphoric acid groups is 1. The first-order chi connectivity index (χ1) is 30.0. The van der Waals surface area contributed by atoms with Crippen LogP contribution in [0.15, 0.2) is 85.1 Å². The minimum absolute atomic E-state index is 0.0342. The van der Waals surface area contributed by atoms with Crippen molar-refractivity contribution in [2.24, 2.45) is 0 Å². The van der Waals surface area contributed by atoms with Gasteiger partial charge in [0.25, 0.3) is 7.82 Å². The van der Waals surface area contributed by atoms with Crippen molar-refractivity contribution in [2.45, 2.75) is 187 Å². The van der Waals surface area contributed by atoms with Gasteiger partial charge in [-0.3, -0.25) is 14.2 Å². The third-order valence-corrected chi connectivity index (χ3v) is 10.9. The van der Waals surface area contributed by atoms with Crippen LogP contribution in [0.3, 0.4) is 0 Å². The largest absolute Gasteiger partial charge is 0.756 e. The Morgan fingerprint density at radius 1 is 0.516 bits per heavy atom. The number of unbranched alkanes of at least 4 members (excludes halogenated alkanes) is 15. The number of hydrogen-bond acceptors (Lipinski definition) is 8. The van der Waals surface area contributed by atoms with Crippen molar-refractivity contribution in [3.63, 3.8) is 0 Å². The number of phosphoric ester groups is 1. The van der Waals surface area contributed by atoms with Gasteiger partial charge in [0.1, 0.15) is 19.8 Å². The summed E-state index contributed by atoms with van der Waals surface area (Å²) in [6.45, 7) is 3.99. The number of quaternary nitrogens is 1. The Hall–Kier alpha value is -2.81. The molecule has 9 nitrogen and oxygen atoms in total. The van der Waals surface area contributed by atoms with E-state index in [0.717, 1.165) is 103 Å². The highest BCUT2D eigenvalue weighted by atomic mass is 31.2. The summed E-state index contributed by atoms with van der Waals surface area (Å²) in [6.07, 6.45) is 56.8. The van der Waals surface area contributed by atoms with Gasteiger partial charge in [0.05, 0.1) is 27.7 Å². The van der Waals surface area contributed by atoms with Gasteiger partial charge in [-0.25, -0.2) is 0 Å². The Bertz CT molecular complexity index is 1330. The fourth-order valence-corrected chi connectivity index (χ4v) is 6.89. The molecule has 0 fully saturated rings. The molecule has 62 heavy (non-hydrogen) atoms. The second-order valence-electron chi connectivity index (χ2n) is 17.1. The van der Waals surface area contributed by atoms with Crippen molar-refractivity contribution in [3.05, 3.63) is 85.1 Å². The molecular formula is C52H90NO8P. The number of carbonyl (C=O) groups excluding carboxylic acids is 2. The Kier molecular flexibility index (Phi) is 41.5. The predicted molar refractivity (Wildman–Crippen MR) is 259 cm³/mol. The van der Waals surface area contributed by atoms with E-state index in [4.69, 9.17) is 18.5 Å². The van der Waals surface area contributed by atoms with Gasteiger partial charge in [-0.2, -0.15) is 0 Å². The summed E-state index contributed by atoms with van der Waals surface area (Å²) in [5.74, 6) is -0.857. The van der Waals surface area contributed by atoms with E-state index in [1.807, 2.05) is 21.1 Å². The maximum Gasteiger partial charge on any atom is 0.306 e. The number of nitrogens with zero attached hydrogens (tertiary/aromatic N) is 1. The highest BCUT2D eigenvalue weighted by molar-refractivity contribution is 7.45. The molecule has 0 radical (unpaired) electrons. The van der Waals surface area contributed by atoms with E-state index in [0.29, 0.717) is 17.4 Å². The SMILES string of the molecule is CC/C=C\C/C=C\C/C=C\C/C=C\C/C=C\C/C=C\C/C=C\CCCCCCCCCCCCCC(=O)OC(COC(=O)CCCCCCC)COP(=O)([O-])OCC[N+](C)(C)C. The van der Waals surface area contributed by atoms with Crippen LogP contribution < -0.4 is 4.89 Å². The summed E-state index contributed by atoms with van der Waals surface area (Å²) < 4.78 is 33.7. The fraction of sp³-hybridized carbons (Fsp3) is 0.692. The van der Waals surface area contributed by atoms with E-state index >= 15 is 0 Å². The van der Waals surface area contributed by atoms with Crippen molar-refractivity contribution in [3.8, 4) is 0 Å². The Morgan fingerprint density at radius 2 is 0.919 bits per heavy atom. The normalized spacial score (nSPS) is 14.2. The summed E-state index contributed by atoms with van der Waals surface area (Å²) in [5.41, 5.74) is 0. The van der Waals surface area contributed by atoms with Crippen molar-refractivity contribution < 1.29 is 42.1 Å². The lowest BCUT2D eigenvalue weighted by Crippen LogP contribution is -2.37. The predicted octanol–water partition coefficient (Wildman–Crippen LogP) is 13.7. The second kappa shape index (κ2) is 43.4. The van der Waals surface area contributed by atoms with E-state index in [1.54, 1.807) is 0 Å². The number of rotatable bonds is 43. The van der Waals surface area contributed by atoms with Crippen molar-refractivity contribution in [1.82, 2.24) is 0 Å². The molecule has 10 heteroatoms. The van der Waals surface area contributed by atoms with E-state index in [-0.39, 0.29) is 26.1 Å². The maximum atomic E-state index is 12.6. The average molecular weight is 888 g/mol. The highest BCUT2D eigenvalue weighted by Gasteiger charge is 2.21. The van der Waals surface area contributed by atoms with Crippen LogP contribution in [-0.4, -0.2) is 70.0 Å². The van der Waals surface area contributed by atoms with Gasteiger partial charge in [0, 0.05) is 12.8 Å². The minimum atomic E-state index is -4.62. The fourth-order valence-electron chi connectivity index (χ4n) is 6.16. The van der Waals surface area contributed by atoms with E-state index < -0.39 is 32.5 Å². The summed E-state index contributed by atoms with van der Waals surface area (Å²) in [4.78, 5) is 37.2. The first kappa shape index (κ1) is 59.2. The van der Waals surface area contributed by atoms with E-state index in [1.165, 1.54) is 44.9 Å². The topological polar surface area (TPSA) is 111 Å². The Balaban J connectivity index is 3.99. The van der Waals surface area contributed by atoms with Crippen LogP contribution in [0.5, 0.6) is 0 Å². The summed E-state index contributed by atoms with van der Waals surface area (Å²) in [5, 5.41) is 0. The van der Waals surface area contributed by atoms with Crippen molar-refractivity contribution in [2.75, 3.05) is 47.5 Å². The average Bonchev–Trinajstić information content (AvgIpc) is 3.22. The van der Waals surface area contributed by atoms with Gasteiger partial charge in [0.2, 0.25) is 0 Å². The summed E-state index contributed by atoms with van der Waals surface area (Å²) >= 11 is 0. The number of carbonyl (C=O) groups is 2. The smallest absolute Gasteiger partial charge is 0.306 e. The molecule has 0 aliphatic rings. The zero-order chi connectivity index (χ0) is 45.7. The maximum absolute atomic E-state index is 12.6. The third-order valence-electron chi connectivity index (χ3n) is 9.93.